The monoisotopic (exact) mass is 424 g/mol. The van der Waals surface area contributed by atoms with Crippen LogP contribution < -0.4 is 14.8 Å². The minimum atomic E-state index is -1.11. The molecule has 1 aromatic heterocycles. The fourth-order valence-electron chi connectivity index (χ4n) is 2.69. The van der Waals surface area contributed by atoms with Gasteiger partial charge in [-0.15, -0.1) is 0 Å². The second-order valence-corrected chi connectivity index (χ2v) is 6.90. The molecule has 0 aliphatic carbocycles. The smallest absolute Gasteiger partial charge is 0.337 e. The third kappa shape index (κ3) is 5.79. The van der Waals surface area contributed by atoms with Gasteiger partial charge in [-0.05, 0) is 50.2 Å². The standard InChI is InChI=1S/C23H21FN2O5/c1-14(2)31-20-9-8-17(30-13-16-5-3-4-6-19(16)24)11-18(20)22(27)26-21-10-7-15(12-25-21)23(28)29/h3-12,14H,13H2,1-2H3,(H,28,29)(H,25,26,27). The van der Waals surface area contributed by atoms with Crippen molar-refractivity contribution >= 4 is 17.7 Å². The van der Waals surface area contributed by atoms with Gasteiger partial charge in [0.2, 0.25) is 0 Å². The molecule has 160 valence electrons. The number of hydrogen-bond donors (Lipinski definition) is 2. The van der Waals surface area contributed by atoms with Crippen LogP contribution in [0, 0.1) is 5.82 Å². The average Bonchev–Trinajstić information content (AvgIpc) is 2.74. The molecule has 3 aromatic rings. The Morgan fingerprint density at radius 2 is 1.90 bits per heavy atom. The largest absolute Gasteiger partial charge is 0.490 e. The topological polar surface area (TPSA) is 97.8 Å². The Hall–Kier alpha value is -3.94. The number of carbonyl (C=O) groups excluding carboxylic acids is 1. The molecular weight excluding hydrogens is 403 g/mol. The van der Waals surface area contributed by atoms with Gasteiger partial charge in [0.25, 0.3) is 5.91 Å². The van der Waals surface area contributed by atoms with E-state index in [1.54, 1.807) is 30.3 Å². The molecule has 8 heteroatoms. The van der Waals surface area contributed by atoms with Crippen LogP contribution >= 0.6 is 0 Å². The summed E-state index contributed by atoms with van der Waals surface area (Å²) in [6.07, 6.45) is 0.974. The van der Waals surface area contributed by atoms with Crippen molar-refractivity contribution in [1.29, 1.82) is 0 Å². The van der Waals surface area contributed by atoms with Crippen molar-refractivity contribution in [2.75, 3.05) is 5.32 Å². The van der Waals surface area contributed by atoms with Crippen molar-refractivity contribution in [3.8, 4) is 11.5 Å². The molecule has 0 unspecified atom stereocenters. The molecule has 0 bridgehead atoms. The molecule has 0 aliphatic rings. The Morgan fingerprint density at radius 3 is 2.55 bits per heavy atom. The number of nitrogens with zero attached hydrogens (tertiary/aromatic N) is 1. The number of nitrogens with one attached hydrogen (secondary N) is 1. The number of carboxylic acid groups (broad SMARTS) is 1. The number of carboxylic acids is 1. The summed E-state index contributed by atoms with van der Waals surface area (Å²) < 4.78 is 25.2. The van der Waals surface area contributed by atoms with Gasteiger partial charge in [0.1, 0.15) is 29.7 Å². The SMILES string of the molecule is CC(C)Oc1ccc(OCc2ccccc2F)cc1C(=O)Nc1ccc(C(=O)O)cn1. The summed E-state index contributed by atoms with van der Waals surface area (Å²) in [5, 5.41) is 11.6. The molecule has 1 amide bonds. The normalized spacial score (nSPS) is 10.6. The third-order valence-electron chi connectivity index (χ3n) is 4.16. The molecule has 2 N–H and O–H groups in total. The van der Waals surface area contributed by atoms with Crippen LogP contribution in [-0.2, 0) is 6.61 Å². The molecule has 0 aliphatic heterocycles. The fourth-order valence-corrected chi connectivity index (χ4v) is 2.69. The van der Waals surface area contributed by atoms with E-state index in [2.05, 4.69) is 10.3 Å². The van der Waals surface area contributed by atoms with Crippen LogP contribution in [0.4, 0.5) is 10.2 Å². The number of rotatable bonds is 8. The first-order valence-electron chi connectivity index (χ1n) is 9.51. The van der Waals surface area contributed by atoms with Gasteiger partial charge >= 0.3 is 5.97 Å². The van der Waals surface area contributed by atoms with Crippen LogP contribution in [0.25, 0.3) is 0 Å². The zero-order valence-corrected chi connectivity index (χ0v) is 17.0. The number of carbonyl (C=O) groups is 2. The summed E-state index contributed by atoms with van der Waals surface area (Å²) in [7, 11) is 0. The number of hydrogen-bond acceptors (Lipinski definition) is 5. The number of aromatic nitrogens is 1. The lowest BCUT2D eigenvalue weighted by Gasteiger charge is -2.16. The van der Waals surface area contributed by atoms with Crippen molar-refractivity contribution < 1.29 is 28.6 Å². The van der Waals surface area contributed by atoms with Gasteiger partial charge in [-0.2, -0.15) is 0 Å². The van der Waals surface area contributed by atoms with E-state index in [4.69, 9.17) is 14.6 Å². The van der Waals surface area contributed by atoms with Crippen LogP contribution in [0.2, 0.25) is 0 Å². The molecule has 3 rings (SSSR count). The molecule has 1 heterocycles. The molecule has 0 saturated carbocycles. The van der Waals surface area contributed by atoms with E-state index < -0.39 is 11.9 Å². The van der Waals surface area contributed by atoms with Crippen LogP contribution in [-0.4, -0.2) is 28.1 Å². The van der Waals surface area contributed by atoms with E-state index in [9.17, 15) is 14.0 Å². The highest BCUT2D eigenvalue weighted by molar-refractivity contribution is 6.06. The van der Waals surface area contributed by atoms with Crippen LogP contribution in [0.15, 0.2) is 60.8 Å². The maximum atomic E-state index is 13.8. The van der Waals surface area contributed by atoms with Gasteiger partial charge in [0.15, 0.2) is 0 Å². The Morgan fingerprint density at radius 1 is 1.13 bits per heavy atom. The van der Waals surface area contributed by atoms with E-state index in [0.29, 0.717) is 17.1 Å². The van der Waals surface area contributed by atoms with Crippen LogP contribution in [0.1, 0.15) is 40.1 Å². The van der Waals surface area contributed by atoms with Gasteiger partial charge in [0, 0.05) is 11.8 Å². The maximum absolute atomic E-state index is 13.8. The van der Waals surface area contributed by atoms with Crippen molar-refractivity contribution in [1.82, 2.24) is 4.98 Å². The second-order valence-electron chi connectivity index (χ2n) is 6.90. The molecule has 0 radical (unpaired) electrons. The highest BCUT2D eigenvalue weighted by Crippen LogP contribution is 2.27. The highest BCUT2D eigenvalue weighted by Gasteiger charge is 2.17. The first kappa shape index (κ1) is 21.8. The first-order valence-corrected chi connectivity index (χ1v) is 9.51. The maximum Gasteiger partial charge on any atom is 0.337 e. The highest BCUT2D eigenvalue weighted by atomic mass is 19.1. The number of halogens is 1. The minimum absolute atomic E-state index is 0.00365. The number of benzene rings is 2. The summed E-state index contributed by atoms with van der Waals surface area (Å²) in [5.74, 6) is -1.12. The lowest BCUT2D eigenvalue weighted by atomic mass is 10.1. The minimum Gasteiger partial charge on any atom is -0.490 e. The van der Waals surface area contributed by atoms with Crippen molar-refractivity contribution in [2.24, 2.45) is 0 Å². The molecule has 0 spiro atoms. The van der Waals surface area contributed by atoms with E-state index in [1.165, 1.54) is 24.3 Å². The number of anilines is 1. The second kappa shape index (κ2) is 9.71. The predicted octanol–water partition coefficient (Wildman–Crippen LogP) is 4.54. The molecule has 0 fully saturated rings. The van der Waals surface area contributed by atoms with Crippen LogP contribution in [0.3, 0.4) is 0 Å². The van der Waals surface area contributed by atoms with E-state index in [0.717, 1.165) is 6.20 Å². The first-order chi connectivity index (χ1) is 14.8. The average molecular weight is 424 g/mol. The van der Waals surface area contributed by atoms with Crippen molar-refractivity contribution in [2.45, 2.75) is 26.6 Å². The number of ether oxygens (including phenoxy) is 2. The Kier molecular flexibility index (Phi) is 6.81. The van der Waals surface area contributed by atoms with Gasteiger partial charge in [0.05, 0.1) is 17.2 Å². The molecule has 2 aromatic carbocycles. The van der Waals surface area contributed by atoms with E-state index in [1.807, 2.05) is 13.8 Å². The van der Waals surface area contributed by atoms with Gasteiger partial charge in [-0.25, -0.2) is 14.2 Å². The van der Waals surface area contributed by atoms with Gasteiger partial charge < -0.3 is 19.9 Å². The summed E-state index contributed by atoms with van der Waals surface area (Å²) >= 11 is 0. The summed E-state index contributed by atoms with van der Waals surface area (Å²) in [6, 6.07) is 13.7. The summed E-state index contributed by atoms with van der Waals surface area (Å²) in [5.41, 5.74) is 0.591. The van der Waals surface area contributed by atoms with Crippen molar-refractivity contribution in [3.63, 3.8) is 0 Å². The van der Waals surface area contributed by atoms with Crippen LogP contribution in [0.5, 0.6) is 11.5 Å². The zero-order valence-electron chi connectivity index (χ0n) is 17.0. The predicted molar refractivity (Wildman–Crippen MR) is 112 cm³/mol. The summed E-state index contributed by atoms with van der Waals surface area (Å²) in [6.45, 7) is 3.66. The molecule has 31 heavy (non-hydrogen) atoms. The van der Waals surface area contributed by atoms with Gasteiger partial charge in [-0.1, -0.05) is 18.2 Å². The van der Waals surface area contributed by atoms with Gasteiger partial charge in [-0.3, -0.25) is 4.79 Å². The third-order valence-corrected chi connectivity index (χ3v) is 4.16. The number of amides is 1. The molecule has 0 saturated heterocycles. The molecule has 0 atom stereocenters. The number of pyridine rings is 1. The van der Waals surface area contributed by atoms with E-state index >= 15 is 0 Å². The molecule has 7 nitrogen and oxygen atoms in total. The quantitative estimate of drug-likeness (QED) is 0.551. The Balaban J connectivity index is 1.81. The lowest BCUT2D eigenvalue weighted by molar-refractivity contribution is 0.0696. The molecular formula is C23H21FN2O5. The lowest BCUT2D eigenvalue weighted by Crippen LogP contribution is -2.17. The fraction of sp³-hybridized carbons (Fsp3) is 0.174. The Labute approximate surface area is 178 Å². The Bertz CT molecular complexity index is 1080. The number of aromatic carboxylic acids is 1. The zero-order chi connectivity index (χ0) is 22.4. The van der Waals surface area contributed by atoms with E-state index in [-0.39, 0.29) is 35.5 Å². The van der Waals surface area contributed by atoms with Crippen molar-refractivity contribution in [3.05, 3.63) is 83.3 Å². The summed E-state index contributed by atoms with van der Waals surface area (Å²) in [4.78, 5) is 27.7.